The van der Waals surface area contributed by atoms with Crippen molar-refractivity contribution < 1.29 is 19.1 Å². The van der Waals surface area contributed by atoms with Gasteiger partial charge in [-0.25, -0.2) is 14.0 Å². The van der Waals surface area contributed by atoms with Gasteiger partial charge in [0, 0.05) is 20.0 Å². The van der Waals surface area contributed by atoms with Gasteiger partial charge in [0.2, 0.25) is 0 Å². The number of terminal acetylenes is 1. The third kappa shape index (κ3) is 4.61. The minimum Gasteiger partial charge on any atom is -0.480 e. The Kier molecular flexibility index (Phi) is 5.54. The lowest BCUT2D eigenvalue weighted by Crippen LogP contribution is -2.46. The Morgan fingerprint density at radius 2 is 2.05 bits per heavy atom. The van der Waals surface area contributed by atoms with E-state index < -0.39 is 18.0 Å². The quantitative estimate of drug-likeness (QED) is 0.801. The number of amides is 2. The minimum absolute atomic E-state index is 0.0918. The number of benzene rings is 1. The van der Waals surface area contributed by atoms with Gasteiger partial charge in [-0.05, 0) is 17.7 Å². The molecular weight excluding hydrogens is 263 g/mol. The molecule has 0 aliphatic carbocycles. The molecule has 0 bridgehead atoms. The number of hydrogen-bond acceptors (Lipinski definition) is 2. The predicted octanol–water partition coefficient (Wildman–Crippen LogP) is 1.44. The van der Waals surface area contributed by atoms with Crippen LogP contribution in [-0.2, 0) is 11.3 Å². The van der Waals surface area contributed by atoms with Crippen molar-refractivity contribution in [1.82, 2.24) is 10.2 Å². The van der Waals surface area contributed by atoms with Gasteiger partial charge in [-0.2, -0.15) is 0 Å². The summed E-state index contributed by atoms with van der Waals surface area (Å²) in [5.41, 5.74) is 0.730. The molecular formula is C14H15FN2O3. The normalized spacial score (nSPS) is 11.2. The Morgan fingerprint density at radius 1 is 1.45 bits per heavy atom. The molecule has 2 amide bonds. The first-order chi connectivity index (χ1) is 9.43. The van der Waals surface area contributed by atoms with Gasteiger partial charge in [-0.15, -0.1) is 12.3 Å². The van der Waals surface area contributed by atoms with E-state index in [9.17, 15) is 14.0 Å². The molecule has 0 spiro atoms. The molecule has 5 nitrogen and oxygen atoms in total. The first-order valence-electron chi connectivity index (χ1n) is 5.86. The van der Waals surface area contributed by atoms with E-state index in [1.54, 1.807) is 12.1 Å². The average molecular weight is 278 g/mol. The fraction of sp³-hybridized carbons (Fsp3) is 0.286. The second-order valence-electron chi connectivity index (χ2n) is 4.23. The lowest BCUT2D eigenvalue weighted by molar-refractivity contribution is -0.139. The van der Waals surface area contributed by atoms with Crippen molar-refractivity contribution in [3.8, 4) is 12.3 Å². The number of hydrogen-bond donors (Lipinski definition) is 2. The van der Waals surface area contributed by atoms with Gasteiger partial charge < -0.3 is 15.3 Å². The van der Waals surface area contributed by atoms with Crippen molar-refractivity contribution in [2.75, 3.05) is 7.05 Å². The van der Waals surface area contributed by atoms with Crippen LogP contribution in [0.2, 0.25) is 0 Å². The molecule has 1 unspecified atom stereocenters. The van der Waals surface area contributed by atoms with E-state index in [1.807, 2.05) is 0 Å². The number of urea groups is 1. The van der Waals surface area contributed by atoms with Crippen LogP contribution in [-0.4, -0.2) is 35.1 Å². The van der Waals surface area contributed by atoms with Crippen molar-refractivity contribution in [1.29, 1.82) is 0 Å². The van der Waals surface area contributed by atoms with Crippen molar-refractivity contribution >= 4 is 12.0 Å². The third-order valence-electron chi connectivity index (χ3n) is 2.60. The summed E-state index contributed by atoms with van der Waals surface area (Å²) >= 11 is 0. The third-order valence-corrected chi connectivity index (χ3v) is 2.60. The largest absolute Gasteiger partial charge is 0.480 e. The highest BCUT2D eigenvalue weighted by Gasteiger charge is 2.20. The van der Waals surface area contributed by atoms with Gasteiger partial charge in [0.1, 0.15) is 11.9 Å². The molecule has 1 aromatic carbocycles. The topological polar surface area (TPSA) is 69.6 Å². The van der Waals surface area contributed by atoms with E-state index in [2.05, 4.69) is 11.2 Å². The van der Waals surface area contributed by atoms with E-state index >= 15 is 0 Å². The second-order valence-corrected chi connectivity index (χ2v) is 4.23. The minimum atomic E-state index is -1.19. The number of carboxylic acids is 1. The maximum Gasteiger partial charge on any atom is 0.327 e. The Labute approximate surface area is 116 Å². The zero-order valence-corrected chi connectivity index (χ0v) is 11.0. The summed E-state index contributed by atoms with van der Waals surface area (Å²) in [6, 6.07) is 4.00. The van der Waals surface area contributed by atoms with Crippen LogP contribution < -0.4 is 5.32 Å². The smallest absolute Gasteiger partial charge is 0.327 e. The van der Waals surface area contributed by atoms with E-state index in [0.717, 1.165) is 5.56 Å². The number of carboxylic acid groups (broad SMARTS) is 1. The maximum absolute atomic E-state index is 12.8. The lowest BCUT2D eigenvalue weighted by atomic mass is 10.2. The van der Waals surface area contributed by atoms with Crippen LogP contribution in [0.25, 0.3) is 0 Å². The van der Waals surface area contributed by atoms with Crippen LogP contribution in [0.1, 0.15) is 12.0 Å². The van der Waals surface area contributed by atoms with Gasteiger partial charge in [-0.3, -0.25) is 0 Å². The van der Waals surface area contributed by atoms with Crippen LogP contribution in [0.5, 0.6) is 0 Å². The molecule has 6 heteroatoms. The molecule has 1 aromatic rings. The summed E-state index contributed by atoms with van der Waals surface area (Å²) in [5.74, 6) is 0.645. The number of nitrogens with one attached hydrogen (secondary N) is 1. The van der Waals surface area contributed by atoms with Gasteiger partial charge in [0.05, 0.1) is 0 Å². The van der Waals surface area contributed by atoms with Crippen molar-refractivity contribution in [3.05, 3.63) is 35.6 Å². The van der Waals surface area contributed by atoms with Crippen LogP contribution in [0, 0.1) is 18.2 Å². The van der Waals surface area contributed by atoms with Crippen LogP contribution in [0.3, 0.4) is 0 Å². The van der Waals surface area contributed by atoms with Crippen molar-refractivity contribution in [3.63, 3.8) is 0 Å². The number of halogens is 1. The van der Waals surface area contributed by atoms with E-state index in [4.69, 9.17) is 11.5 Å². The average Bonchev–Trinajstić information content (AvgIpc) is 2.40. The summed E-state index contributed by atoms with van der Waals surface area (Å²) < 4.78 is 12.8. The highest BCUT2D eigenvalue weighted by molar-refractivity contribution is 5.82. The van der Waals surface area contributed by atoms with Crippen LogP contribution in [0.4, 0.5) is 9.18 Å². The molecule has 2 N–H and O–H groups in total. The molecule has 0 aliphatic rings. The fourth-order valence-electron chi connectivity index (χ4n) is 1.51. The Hall–Kier alpha value is -2.55. The van der Waals surface area contributed by atoms with Crippen molar-refractivity contribution in [2.45, 2.75) is 19.0 Å². The molecule has 0 saturated heterocycles. The van der Waals surface area contributed by atoms with Crippen LogP contribution >= 0.6 is 0 Å². The van der Waals surface area contributed by atoms with Gasteiger partial charge in [-0.1, -0.05) is 12.1 Å². The number of carbonyl (C=O) groups excluding carboxylic acids is 1. The molecule has 0 aliphatic heterocycles. The van der Waals surface area contributed by atoms with Crippen molar-refractivity contribution in [2.24, 2.45) is 0 Å². The molecule has 20 heavy (non-hydrogen) atoms. The number of rotatable bonds is 5. The van der Waals surface area contributed by atoms with Gasteiger partial charge in [0.25, 0.3) is 0 Å². The standard InChI is InChI=1S/C14H15FN2O3/c1-3-4-12(13(18)19)16-14(20)17(2)9-10-5-7-11(15)8-6-10/h1,5-8,12H,4,9H2,2H3,(H,16,20)(H,18,19). The molecule has 0 heterocycles. The summed E-state index contributed by atoms with van der Waals surface area (Å²) in [7, 11) is 1.51. The molecule has 1 rings (SSSR count). The maximum atomic E-state index is 12.8. The van der Waals surface area contributed by atoms with Crippen LogP contribution in [0.15, 0.2) is 24.3 Å². The molecule has 1 atom stereocenters. The predicted molar refractivity (Wildman–Crippen MR) is 71.3 cm³/mol. The molecule has 106 valence electrons. The fourth-order valence-corrected chi connectivity index (χ4v) is 1.51. The molecule has 0 saturated carbocycles. The zero-order valence-electron chi connectivity index (χ0n) is 11.0. The van der Waals surface area contributed by atoms with Gasteiger partial charge in [0.15, 0.2) is 0 Å². The number of nitrogens with zero attached hydrogens (tertiary/aromatic N) is 1. The summed E-state index contributed by atoms with van der Waals surface area (Å²) in [6.07, 6.45) is 4.95. The number of carbonyl (C=O) groups is 2. The zero-order chi connectivity index (χ0) is 15.1. The van der Waals surface area contributed by atoms with Gasteiger partial charge >= 0.3 is 12.0 Å². The Balaban J connectivity index is 2.60. The Morgan fingerprint density at radius 3 is 2.55 bits per heavy atom. The lowest BCUT2D eigenvalue weighted by Gasteiger charge is -2.20. The molecule has 0 aromatic heterocycles. The Bertz CT molecular complexity index is 522. The van der Waals surface area contributed by atoms with E-state index in [0.29, 0.717) is 0 Å². The van der Waals surface area contributed by atoms with E-state index in [1.165, 1.54) is 24.1 Å². The highest BCUT2D eigenvalue weighted by Crippen LogP contribution is 2.06. The highest BCUT2D eigenvalue weighted by atomic mass is 19.1. The second kappa shape index (κ2) is 7.14. The summed E-state index contributed by atoms with van der Waals surface area (Å²) in [5, 5.41) is 11.2. The van der Waals surface area contributed by atoms with E-state index in [-0.39, 0.29) is 18.8 Å². The first kappa shape index (κ1) is 15.5. The molecule has 0 fully saturated rings. The molecule has 0 radical (unpaired) electrons. The SMILES string of the molecule is C#CCC(NC(=O)N(C)Cc1ccc(F)cc1)C(=O)O. The number of aliphatic carboxylic acids is 1. The monoisotopic (exact) mass is 278 g/mol. The first-order valence-corrected chi connectivity index (χ1v) is 5.86. The summed E-state index contributed by atoms with van der Waals surface area (Å²) in [4.78, 5) is 24.0. The summed E-state index contributed by atoms with van der Waals surface area (Å²) in [6.45, 7) is 0.231.